The number of hydroxylamine groups is 2. The van der Waals surface area contributed by atoms with E-state index in [2.05, 4.69) is 33.9 Å². The van der Waals surface area contributed by atoms with Crippen LogP contribution in [0.3, 0.4) is 0 Å². The van der Waals surface area contributed by atoms with Crippen LogP contribution in [0.1, 0.15) is 37.6 Å². The molecule has 0 unspecified atom stereocenters. The van der Waals surface area contributed by atoms with E-state index in [-0.39, 0.29) is 17.7 Å². The van der Waals surface area contributed by atoms with Crippen molar-refractivity contribution in [3.8, 4) is 0 Å². The van der Waals surface area contributed by atoms with Gasteiger partial charge in [-0.05, 0) is 36.7 Å². The topological polar surface area (TPSA) is 82.1 Å². The van der Waals surface area contributed by atoms with Crippen molar-refractivity contribution in [3.05, 3.63) is 35.9 Å². The van der Waals surface area contributed by atoms with E-state index in [1.807, 2.05) is 6.07 Å². The molecule has 1 fully saturated rings. The van der Waals surface area contributed by atoms with E-state index in [1.54, 1.807) is 24.3 Å². The van der Waals surface area contributed by atoms with Crippen molar-refractivity contribution >= 4 is 24.4 Å². The standard InChI is InChI=1S/C19H31NO6SSi/c1-19(2,3)28(5,6)26-17-12-16(14-24-27(4,22)23)20(13-17)25-18(21)15-10-8-7-9-11-15/h7-11,16-17H,12-14H2,1-6H3/t16-,17-/m0/s1. The zero-order chi connectivity index (χ0) is 21.2. The third-order valence-electron chi connectivity index (χ3n) is 5.28. The van der Waals surface area contributed by atoms with Gasteiger partial charge in [-0.15, -0.1) is 5.06 Å². The summed E-state index contributed by atoms with van der Waals surface area (Å²) in [5, 5.41) is 1.54. The van der Waals surface area contributed by atoms with Gasteiger partial charge in [-0.25, -0.2) is 4.79 Å². The van der Waals surface area contributed by atoms with Gasteiger partial charge < -0.3 is 9.26 Å². The Morgan fingerprint density at radius 3 is 2.36 bits per heavy atom. The summed E-state index contributed by atoms with van der Waals surface area (Å²) in [6, 6.07) is 8.28. The Bertz CT molecular complexity index is 775. The largest absolute Gasteiger partial charge is 0.412 e. The molecule has 9 heteroatoms. The second-order valence-corrected chi connectivity index (χ2v) is 15.1. The minimum Gasteiger partial charge on any atom is -0.412 e. The van der Waals surface area contributed by atoms with Crippen molar-refractivity contribution < 1.29 is 26.7 Å². The summed E-state index contributed by atoms with van der Waals surface area (Å²) in [6.07, 6.45) is 1.38. The van der Waals surface area contributed by atoms with E-state index >= 15 is 0 Å². The molecule has 7 nitrogen and oxygen atoms in total. The zero-order valence-corrected chi connectivity index (χ0v) is 19.3. The summed E-state index contributed by atoms with van der Waals surface area (Å²) in [6.45, 7) is 11.1. The Morgan fingerprint density at radius 1 is 1.21 bits per heavy atom. The molecule has 158 valence electrons. The second kappa shape index (κ2) is 8.62. The molecule has 0 aromatic heterocycles. The maximum atomic E-state index is 12.4. The summed E-state index contributed by atoms with van der Waals surface area (Å²) < 4.78 is 34.2. The first-order valence-electron chi connectivity index (χ1n) is 9.35. The average molecular weight is 430 g/mol. The SMILES string of the molecule is CC(C)(C)[Si](C)(C)O[C@H]1C[C@@H](COS(C)(=O)=O)N(OC(=O)c2ccccc2)C1. The number of rotatable bonds is 7. The van der Waals surface area contributed by atoms with Crippen LogP contribution < -0.4 is 0 Å². The van der Waals surface area contributed by atoms with Gasteiger partial charge in [0.25, 0.3) is 10.1 Å². The molecule has 28 heavy (non-hydrogen) atoms. The second-order valence-electron chi connectivity index (χ2n) is 8.72. The lowest BCUT2D eigenvalue weighted by Crippen LogP contribution is -2.44. The Balaban J connectivity index is 2.11. The molecule has 0 radical (unpaired) electrons. The highest BCUT2D eigenvalue weighted by molar-refractivity contribution is 7.85. The van der Waals surface area contributed by atoms with Gasteiger partial charge in [-0.2, -0.15) is 8.42 Å². The van der Waals surface area contributed by atoms with Gasteiger partial charge in [-0.1, -0.05) is 39.0 Å². The van der Waals surface area contributed by atoms with E-state index < -0.39 is 30.4 Å². The van der Waals surface area contributed by atoms with Crippen molar-refractivity contribution in [1.82, 2.24) is 5.06 Å². The number of carbonyl (C=O) groups excluding carboxylic acids is 1. The van der Waals surface area contributed by atoms with E-state index in [9.17, 15) is 13.2 Å². The van der Waals surface area contributed by atoms with Gasteiger partial charge in [0.15, 0.2) is 8.32 Å². The van der Waals surface area contributed by atoms with Gasteiger partial charge in [-0.3, -0.25) is 4.18 Å². The molecule has 2 atom stereocenters. The highest BCUT2D eigenvalue weighted by atomic mass is 32.2. The average Bonchev–Trinajstić information content (AvgIpc) is 2.92. The summed E-state index contributed by atoms with van der Waals surface area (Å²) >= 11 is 0. The molecule has 1 aliphatic heterocycles. The van der Waals surface area contributed by atoms with E-state index in [4.69, 9.17) is 13.4 Å². The van der Waals surface area contributed by atoms with E-state index in [0.717, 1.165) is 6.26 Å². The first kappa shape index (κ1) is 23.0. The highest BCUT2D eigenvalue weighted by Crippen LogP contribution is 2.39. The van der Waals surface area contributed by atoms with Crippen LogP contribution in [-0.4, -0.2) is 59.3 Å². The highest BCUT2D eigenvalue weighted by Gasteiger charge is 2.44. The molecule has 1 aliphatic rings. The quantitative estimate of drug-likeness (QED) is 0.486. The molecule has 0 bridgehead atoms. The van der Waals surface area contributed by atoms with Crippen molar-refractivity contribution in [2.24, 2.45) is 0 Å². The van der Waals surface area contributed by atoms with Crippen LogP contribution in [0, 0.1) is 0 Å². The predicted octanol–water partition coefficient (Wildman–Crippen LogP) is 3.20. The van der Waals surface area contributed by atoms with Gasteiger partial charge in [0.1, 0.15) is 0 Å². The third kappa shape index (κ3) is 6.38. The minimum atomic E-state index is -3.59. The first-order chi connectivity index (χ1) is 12.8. The van der Waals surface area contributed by atoms with Crippen molar-refractivity contribution in [3.63, 3.8) is 0 Å². The Hall–Kier alpha value is -1.26. The number of hydrogen-bond acceptors (Lipinski definition) is 7. The molecule has 0 saturated carbocycles. The first-order valence-corrected chi connectivity index (χ1v) is 14.1. The van der Waals surface area contributed by atoms with Crippen LogP contribution >= 0.6 is 0 Å². The van der Waals surface area contributed by atoms with Crippen LogP contribution in [0.5, 0.6) is 0 Å². The molecule has 0 N–H and O–H groups in total. The molecule has 1 aromatic rings. The minimum absolute atomic E-state index is 0.0416. The van der Waals surface area contributed by atoms with E-state index in [1.165, 1.54) is 5.06 Å². The number of carbonyl (C=O) groups is 1. The van der Waals surface area contributed by atoms with Gasteiger partial charge >= 0.3 is 5.97 Å². The van der Waals surface area contributed by atoms with Crippen molar-refractivity contribution in [2.75, 3.05) is 19.4 Å². The van der Waals surface area contributed by atoms with Gasteiger partial charge in [0.2, 0.25) is 0 Å². The molecule has 1 aromatic carbocycles. The fourth-order valence-corrected chi connectivity index (χ4v) is 4.48. The van der Waals surface area contributed by atoms with E-state index in [0.29, 0.717) is 18.5 Å². The third-order valence-corrected chi connectivity index (χ3v) is 10.4. The fraction of sp³-hybridized carbons (Fsp3) is 0.632. The molecule has 0 spiro atoms. The molecular formula is C19H31NO6SSi. The summed E-state index contributed by atoms with van der Waals surface area (Å²) in [7, 11) is -5.61. The number of hydrogen-bond donors (Lipinski definition) is 0. The van der Waals surface area contributed by atoms with Crippen LogP contribution in [-0.2, 0) is 23.6 Å². The molecule has 0 amide bonds. The number of nitrogens with zero attached hydrogens (tertiary/aromatic N) is 1. The number of benzene rings is 1. The van der Waals surface area contributed by atoms with Gasteiger partial charge in [0, 0.05) is 0 Å². The van der Waals surface area contributed by atoms with Gasteiger partial charge in [0.05, 0.1) is 37.1 Å². The van der Waals surface area contributed by atoms with Crippen molar-refractivity contribution in [1.29, 1.82) is 0 Å². The summed E-state index contributed by atoms with van der Waals surface area (Å²) in [5.41, 5.74) is 0.430. The van der Waals surface area contributed by atoms with Crippen LogP contribution in [0.15, 0.2) is 30.3 Å². The fourth-order valence-electron chi connectivity index (χ4n) is 2.72. The summed E-state index contributed by atoms with van der Waals surface area (Å²) in [4.78, 5) is 18.0. The molecule has 1 heterocycles. The Kier molecular flexibility index (Phi) is 7.09. The van der Waals surface area contributed by atoms with Crippen LogP contribution in [0.4, 0.5) is 0 Å². The van der Waals surface area contributed by atoms with Crippen LogP contribution in [0.2, 0.25) is 18.1 Å². The Labute approximate surface area is 169 Å². The molecule has 2 rings (SSSR count). The predicted molar refractivity (Wildman–Crippen MR) is 110 cm³/mol. The molecule has 1 saturated heterocycles. The molecule has 0 aliphatic carbocycles. The molecular weight excluding hydrogens is 398 g/mol. The Morgan fingerprint density at radius 2 is 1.82 bits per heavy atom. The maximum Gasteiger partial charge on any atom is 0.357 e. The van der Waals surface area contributed by atoms with Crippen LogP contribution in [0.25, 0.3) is 0 Å². The maximum absolute atomic E-state index is 12.4. The zero-order valence-electron chi connectivity index (χ0n) is 17.5. The lowest BCUT2D eigenvalue weighted by molar-refractivity contribution is -0.127. The lowest BCUT2D eigenvalue weighted by Gasteiger charge is -2.38. The smallest absolute Gasteiger partial charge is 0.357 e. The van der Waals surface area contributed by atoms with Crippen molar-refractivity contribution in [2.45, 2.75) is 57.5 Å². The summed E-state index contributed by atoms with van der Waals surface area (Å²) in [5.74, 6) is -0.488. The monoisotopic (exact) mass is 429 g/mol. The lowest BCUT2D eigenvalue weighted by atomic mass is 10.2. The normalized spacial score (nSPS) is 21.6.